The van der Waals surface area contributed by atoms with Crippen LogP contribution in [0.4, 0.5) is 5.69 Å². The highest BCUT2D eigenvalue weighted by Crippen LogP contribution is 2.15. The summed E-state index contributed by atoms with van der Waals surface area (Å²) in [6.45, 7) is 5.19. The lowest BCUT2D eigenvalue weighted by Crippen LogP contribution is -2.30. The predicted molar refractivity (Wildman–Crippen MR) is 95.1 cm³/mol. The van der Waals surface area contributed by atoms with Crippen LogP contribution < -0.4 is 5.32 Å². The molecule has 0 aliphatic rings. The number of nitrogens with one attached hydrogen (secondary N) is 1. The Morgan fingerprint density at radius 1 is 1.12 bits per heavy atom. The van der Waals surface area contributed by atoms with E-state index in [2.05, 4.69) is 15.3 Å². The number of hydrogen-bond acceptors (Lipinski definition) is 5. The molecule has 1 heterocycles. The lowest BCUT2D eigenvalue weighted by Gasteiger charge is -2.19. The smallest absolute Gasteiger partial charge is 0.253 e. The largest absolute Gasteiger partial charge is 0.339 e. The molecule has 7 heteroatoms. The number of rotatable bonds is 7. The fraction of sp³-hybridized carbons (Fsp3) is 0.294. The Morgan fingerprint density at radius 2 is 1.83 bits per heavy atom. The van der Waals surface area contributed by atoms with E-state index in [1.165, 1.54) is 11.8 Å². The quantitative estimate of drug-likeness (QED) is 0.617. The van der Waals surface area contributed by atoms with Gasteiger partial charge < -0.3 is 10.2 Å². The molecule has 0 bridgehead atoms. The topological polar surface area (TPSA) is 75.2 Å². The van der Waals surface area contributed by atoms with Crippen molar-refractivity contribution in [3.8, 4) is 0 Å². The average molecular weight is 344 g/mol. The van der Waals surface area contributed by atoms with E-state index >= 15 is 0 Å². The zero-order valence-corrected chi connectivity index (χ0v) is 14.5. The molecule has 6 nitrogen and oxygen atoms in total. The molecule has 0 unspecified atom stereocenters. The summed E-state index contributed by atoms with van der Waals surface area (Å²) in [5.41, 5.74) is 1.17. The summed E-state index contributed by atoms with van der Waals surface area (Å²) in [5.74, 6) is 0.00107. The van der Waals surface area contributed by atoms with Crippen LogP contribution in [-0.4, -0.2) is 45.5 Å². The molecule has 0 saturated heterocycles. The molecule has 2 amide bonds. The minimum atomic E-state index is -0.167. The van der Waals surface area contributed by atoms with Crippen LogP contribution in [0.15, 0.2) is 47.9 Å². The van der Waals surface area contributed by atoms with E-state index in [9.17, 15) is 9.59 Å². The van der Waals surface area contributed by atoms with Gasteiger partial charge in [0.05, 0.1) is 5.75 Å². The standard InChI is InChI=1S/C17H20N4O2S/c1-3-21(4-2)16(23)13-7-5-8-14(11-13)20-15(22)12-24-17-18-9-6-10-19-17/h5-11H,3-4,12H2,1-2H3,(H,20,22). The Balaban J connectivity index is 1.96. The van der Waals surface area contributed by atoms with E-state index in [0.717, 1.165) is 0 Å². The second-order valence-corrected chi connectivity index (χ2v) is 5.87. The Hall–Kier alpha value is -2.41. The fourth-order valence-corrected chi connectivity index (χ4v) is 2.71. The summed E-state index contributed by atoms with van der Waals surface area (Å²) in [6.07, 6.45) is 3.27. The third-order valence-corrected chi connectivity index (χ3v) is 4.19. The van der Waals surface area contributed by atoms with Crippen molar-refractivity contribution in [1.82, 2.24) is 14.9 Å². The van der Waals surface area contributed by atoms with Gasteiger partial charge in [0.2, 0.25) is 5.91 Å². The summed E-state index contributed by atoms with van der Waals surface area (Å²) >= 11 is 1.26. The highest BCUT2D eigenvalue weighted by molar-refractivity contribution is 7.99. The van der Waals surface area contributed by atoms with E-state index < -0.39 is 0 Å². The Kier molecular flexibility index (Phi) is 6.74. The lowest BCUT2D eigenvalue weighted by atomic mass is 10.1. The number of thioether (sulfide) groups is 1. The number of carbonyl (C=O) groups is 2. The molecule has 126 valence electrons. The van der Waals surface area contributed by atoms with Crippen LogP contribution in [0.5, 0.6) is 0 Å². The second-order valence-electron chi connectivity index (χ2n) is 4.93. The first-order chi connectivity index (χ1) is 11.6. The van der Waals surface area contributed by atoms with Crippen molar-refractivity contribution >= 4 is 29.3 Å². The number of anilines is 1. The molecule has 0 saturated carbocycles. The summed E-state index contributed by atoms with van der Waals surface area (Å²) in [4.78, 5) is 34.2. The Morgan fingerprint density at radius 3 is 2.50 bits per heavy atom. The first-order valence-corrected chi connectivity index (χ1v) is 8.71. The number of amides is 2. The normalized spacial score (nSPS) is 10.2. The predicted octanol–water partition coefficient (Wildman–Crippen LogP) is 2.69. The first-order valence-electron chi connectivity index (χ1n) is 7.73. The van der Waals surface area contributed by atoms with Crippen molar-refractivity contribution in [2.75, 3.05) is 24.2 Å². The van der Waals surface area contributed by atoms with Crippen molar-refractivity contribution in [1.29, 1.82) is 0 Å². The Bertz CT molecular complexity index is 690. The number of benzene rings is 1. The summed E-state index contributed by atoms with van der Waals surface area (Å²) < 4.78 is 0. The third kappa shape index (κ3) is 5.06. The first kappa shape index (κ1) is 17.9. The van der Waals surface area contributed by atoms with Crippen molar-refractivity contribution in [3.63, 3.8) is 0 Å². The van der Waals surface area contributed by atoms with Gasteiger partial charge in [0.1, 0.15) is 0 Å². The molecule has 1 N–H and O–H groups in total. The summed E-state index contributed by atoms with van der Waals surface area (Å²) in [6, 6.07) is 8.70. The molecule has 0 atom stereocenters. The minimum Gasteiger partial charge on any atom is -0.339 e. The van der Waals surface area contributed by atoms with E-state index in [0.29, 0.717) is 29.5 Å². The van der Waals surface area contributed by atoms with Crippen LogP contribution >= 0.6 is 11.8 Å². The van der Waals surface area contributed by atoms with Gasteiger partial charge in [-0.15, -0.1) is 0 Å². The second kappa shape index (κ2) is 9.02. The third-order valence-electron chi connectivity index (χ3n) is 3.32. The molecule has 1 aromatic carbocycles. The molecular formula is C17H20N4O2S. The van der Waals surface area contributed by atoms with Gasteiger partial charge in [0.25, 0.3) is 5.91 Å². The maximum absolute atomic E-state index is 12.3. The van der Waals surface area contributed by atoms with Gasteiger partial charge in [-0.3, -0.25) is 9.59 Å². The molecule has 0 radical (unpaired) electrons. The number of aromatic nitrogens is 2. The molecule has 0 aliphatic heterocycles. The van der Waals surface area contributed by atoms with Crippen molar-refractivity contribution in [3.05, 3.63) is 48.3 Å². The van der Waals surface area contributed by atoms with E-state index in [1.807, 2.05) is 13.8 Å². The lowest BCUT2D eigenvalue weighted by molar-refractivity contribution is -0.113. The monoisotopic (exact) mass is 344 g/mol. The van der Waals surface area contributed by atoms with Crippen LogP contribution in [0.2, 0.25) is 0 Å². The zero-order chi connectivity index (χ0) is 17.4. The van der Waals surface area contributed by atoms with Crippen molar-refractivity contribution in [2.24, 2.45) is 0 Å². The van der Waals surface area contributed by atoms with Gasteiger partial charge in [-0.1, -0.05) is 17.8 Å². The minimum absolute atomic E-state index is 0.0387. The van der Waals surface area contributed by atoms with Crippen LogP contribution in [0.25, 0.3) is 0 Å². The van der Waals surface area contributed by atoms with Gasteiger partial charge >= 0.3 is 0 Å². The highest BCUT2D eigenvalue weighted by atomic mass is 32.2. The number of hydrogen-bond donors (Lipinski definition) is 1. The van der Waals surface area contributed by atoms with Crippen LogP contribution in [0, 0.1) is 0 Å². The van der Waals surface area contributed by atoms with E-state index in [-0.39, 0.29) is 17.6 Å². The molecule has 2 aromatic rings. The van der Waals surface area contributed by atoms with Gasteiger partial charge in [-0.2, -0.15) is 0 Å². The number of nitrogens with zero attached hydrogens (tertiary/aromatic N) is 3. The zero-order valence-electron chi connectivity index (χ0n) is 13.7. The number of carbonyl (C=O) groups excluding carboxylic acids is 2. The average Bonchev–Trinajstić information content (AvgIpc) is 2.62. The van der Waals surface area contributed by atoms with Gasteiger partial charge in [0, 0.05) is 36.7 Å². The van der Waals surface area contributed by atoms with E-state index in [4.69, 9.17) is 0 Å². The molecule has 0 spiro atoms. The Labute approximate surface area is 145 Å². The molecule has 1 aromatic heterocycles. The summed E-state index contributed by atoms with van der Waals surface area (Å²) in [7, 11) is 0. The van der Waals surface area contributed by atoms with Crippen LogP contribution in [-0.2, 0) is 4.79 Å². The van der Waals surface area contributed by atoms with Crippen LogP contribution in [0.1, 0.15) is 24.2 Å². The molecule has 0 fully saturated rings. The van der Waals surface area contributed by atoms with Crippen molar-refractivity contribution < 1.29 is 9.59 Å². The van der Waals surface area contributed by atoms with Crippen LogP contribution in [0.3, 0.4) is 0 Å². The highest BCUT2D eigenvalue weighted by Gasteiger charge is 2.13. The molecular weight excluding hydrogens is 324 g/mol. The maximum atomic E-state index is 12.3. The van der Waals surface area contributed by atoms with Gasteiger partial charge in [0.15, 0.2) is 5.16 Å². The molecule has 2 rings (SSSR count). The van der Waals surface area contributed by atoms with E-state index in [1.54, 1.807) is 47.6 Å². The van der Waals surface area contributed by atoms with Crippen molar-refractivity contribution in [2.45, 2.75) is 19.0 Å². The molecule has 0 aliphatic carbocycles. The van der Waals surface area contributed by atoms with Gasteiger partial charge in [-0.05, 0) is 38.1 Å². The van der Waals surface area contributed by atoms with Gasteiger partial charge in [-0.25, -0.2) is 9.97 Å². The summed E-state index contributed by atoms with van der Waals surface area (Å²) in [5, 5.41) is 3.35. The SMILES string of the molecule is CCN(CC)C(=O)c1cccc(NC(=O)CSc2ncccn2)c1. The maximum Gasteiger partial charge on any atom is 0.253 e. The molecule has 24 heavy (non-hydrogen) atoms. The fourth-order valence-electron chi connectivity index (χ4n) is 2.11.